The Morgan fingerprint density at radius 1 is 1.25 bits per heavy atom. The van der Waals surface area contributed by atoms with Crippen LogP contribution in [-0.2, 0) is 10.0 Å². The average Bonchev–Trinajstić information content (AvgIpc) is 3.29. The SMILES string of the molecule is CC(c1ccccc1)N1CCC(Oc2cc(F)c(S(=O)(=O)Nc3cscn3)cc2Cl)CC1. The highest BCUT2D eigenvalue weighted by molar-refractivity contribution is 7.92. The van der Waals surface area contributed by atoms with E-state index < -0.39 is 20.7 Å². The van der Waals surface area contributed by atoms with Gasteiger partial charge in [0, 0.05) is 30.6 Å². The molecule has 1 atom stereocenters. The average molecular weight is 496 g/mol. The number of halogens is 2. The van der Waals surface area contributed by atoms with Crippen molar-refractivity contribution in [1.82, 2.24) is 9.88 Å². The van der Waals surface area contributed by atoms with Gasteiger partial charge in [-0.05, 0) is 31.4 Å². The molecule has 1 aliphatic rings. The van der Waals surface area contributed by atoms with Gasteiger partial charge < -0.3 is 4.74 Å². The Morgan fingerprint density at radius 3 is 2.62 bits per heavy atom. The fourth-order valence-corrected chi connectivity index (χ4v) is 5.68. The van der Waals surface area contributed by atoms with Crippen molar-refractivity contribution in [2.45, 2.75) is 36.8 Å². The van der Waals surface area contributed by atoms with Crippen LogP contribution in [0.25, 0.3) is 0 Å². The molecule has 0 spiro atoms. The van der Waals surface area contributed by atoms with E-state index in [0.717, 1.165) is 38.1 Å². The lowest BCUT2D eigenvalue weighted by Gasteiger charge is -2.36. The highest BCUT2D eigenvalue weighted by Gasteiger charge is 2.27. The number of likely N-dealkylation sites (tertiary alicyclic amines) is 1. The molecule has 1 saturated heterocycles. The van der Waals surface area contributed by atoms with Crippen LogP contribution in [0.1, 0.15) is 31.4 Å². The molecule has 1 aliphatic heterocycles. The van der Waals surface area contributed by atoms with E-state index in [4.69, 9.17) is 16.3 Å². The van der Waals surface area contributed by atoms with E-state index >= 15 is 0 Å². The zero-order valence-electron chi connectivity index (χ0n) is 17.4. The number of piperidine rings is 1. The molecule has 0 aliphatic carbocycles. The van der Waals surface area contributed by atoms with Crippen molar-refractivity contribution < 1.29 is 17.5 Å². The number of rotatable bonds is 7. The van der Waals surface area contributed by atoms with E-state index in [1.54, 1.807) is 0 Å². The van der Waals surface area contributed by atoms with E-state index in [1.807, 2.05) is 18.2 Å². The lowest BCUT2D eigenvalue weighted by molar-refractivity contribution is 0.0795. The van der Waals surface area contributed by atoms with E-state index in [1.165, 1.54) is 27.8 Å². The molecule has 1 fully saturated rings. The second-order valence-corrected chi connectivity index (χ2v) is 10.4. The summed E-state index contributed by atoms with van der Waals surface area (Å²) in [4.78, 5) is 5.69. The van der Waals surface area contributed by atoms with Crippen LogP contribution >= 0.6 is 22.9 Å². The van der Waals surface area contributed by atoms with Crippen molar-refractivity contribution in [1.29, 1.82) is 0 Å². The molecule has 6 nitrogen and oxygen atoms in total. The van der Waals surface area contributed by atoms with Crippen LogP contribution in [0.3, 0.4) is 0 Å². The van der Waals surface area contributed by atoms with E-state index in [9.17, 15) is 12.8 Å². The first-order valence-corrected chi connectivity index (χ1v) is 13.0. The van der Waals surface area contributed by atoms with Gasteiger partial charge in [-0.3, -0.25) is 9.62 Å². The Labute approximate surface area is 196 Å². The Hall–Kier alpha value is -2.20. The van der Waals surface area contributed by atoms with Crippen molar-refractivity contribution in [2.24, 2.45) is 0 Å². The topological polar surface area (TPSA) is 71.5 Å². The van der Waals surface area contributed by atoms with Crippen molar-refractivity contribution in [3.05, 3.63) is 69.8 Å². The molecule has 0 bridgehead atoms. The maximum absolute atomic E-state index is 14.7. The number of nitrogens with zero attached hydrogens (tertiary/aromatic N) is 2. The van der Waals surface area contributed by atoms with Gasteiger partial charge in [-0.25, -0.2) is 17.8 Å². The van der Waals surface area contributed by atoms with Gasteiger partial charge >= 0.3 is 0 Å². The molecule has 4 rings (SSSR count). The molecule has 1 aromatic heterocycles. The molecule has 0 radical (unpaired) electrons. The molecule has 2 aromatic carbocycles. The number of thiazole rings is 1. The second-order valence-electron chi connectivity index (χ2n) is 7.63. The van der Waals surface area contributed by atoms with Gasteiger partial charge in [0.1, 0.15) is 22.6 Å². The summed E-state index contributed by atoms with van der Waals surface area (Å²) in [6.07, 6.45) is 1.41. The summed E-state index contributed by atoms with van der Waals surface area (Å²) in [6.45, 7) is 3.86. The number of aromatic nitrogens is 1. The lowest BCUT2D eigenvalue weighted by atomic mass is 10.0. The largest absolute Gasteiger partial charge is 0.489 e. The van der Waals surface area contributed by atoms with Crippen molar-refractivity contribution >= 4 is 38.8 Å². The molecule has 2 heterocycles. The quantitative estimate of drug-likeness (QED) is 0.479. The maximum atomic E-state index is 14.7. The zero-order valence-corrected chi connectivity index (χ0v) is 19.8. The highest BCUT2D eigenvalue weighted by atomic mass is 35.5. The Kier molecular flexibility index (Phi) is 6.99. The first kappa shape index (κ1) is 23.0. The summed E-state index contributed by atoms with van der Waals surface area (Å²) < 4.78 is 47.9. The minimum absolute atomic E-state index is 0.0464. The fraction of sp³-hybridized carbons (Fsp3) is 0.318. The Bertz CT molecular complexity index is 1150. The summed E-state index contributed by atoms with van der Waals surface area (Å²) in [7, 11) is -4.16. The minimum Gasteiger partial charge on any atom is -0.489 e. The number of hydrogen-bond acceptors (Lipinski definition) is 6. The molecule has 3 aromatic rings. The second kappa shape index (κ2) is 9.74. The summed E-state index contributed by atoms with van der Waals surface area (Å²) >= 11 is 7.48. The highest BCUT2D eigenvalue weighted by Crippen LogP contribution is 2.33. The van der Waals surface area contributed by atoms with Gasteiger partial charge in [-0.1, -0.05) is 41.9 Å². The molecular formula is C22H23ClFN3O3S2. The molecule has 1 unspecified atom stereocenters. The molecule has 32 heavy (non-hydrogen) atoms. The van der Waals surface area contributed by atoms with Gasteiger partial charge in [0.15, 0.2) is 5.82 Å². The van der Waals surface area contributed by atoms with E-state index in [-0.39, 0.29) is 22.7 Å². The number of hydrogen-bond donors (Lipinski definition) is 1. The molecule has 0 saturated carbocycles. The van der Waals surface area contributed by atoms with Crippen LogP contribution in [0.4, 0.5) is 10.2 Å². The van der Waals surface area contributed by atoms with Gasteiger partial charge in [0.05, 0.1) is 10.5 Å². The summed E-state index contributed by atoms with van der Waals surface area (Å²) in [5.41, 5.74) is 2.74. The third-order valence-corrected chi connectivity index (χ3v) is 7.80. The smallest absolute Gasteiger partial charge is 0.266 e. The summed E-state index contributed by atoms with van der Waals surface area (Å²) in [5, 5.41) is 1.56. The first-order valence-electron chi connectivity index (χ1n) is 10.2. The van der Waals surface area contributed by atoms with Crippen LogP contribution < -0.4 is 9.46 Å². The Balaban J connectivity index is 1.40. The molecule has 1 N–H and O–H groups in total. The lowest BCUT2D eigenvalue weighted by Crippen LogP contribution is -2.39. The van der Waals surface area contributed by atoms with Crippen LogP contribution in [0.2, 0.25) is 5.02 Å². The fourth-order valence-electron chi connectivity index (χ4n) is 3.77. The normalized spacial score (nSPS) is 16.6. The molecule has 0 amide bonds. The van der Waals surface area contributed by atoms with Crippen LogP contribution in [-0.4, -0.2) is 37.5 Å². The van der Waals surface area contributed by atoms with Crippen LogP contribution in [0.15, 0.2) is 58.3 Å². The van der Waals surface area contributed by atoms with Crippen LogP contribution in [0, 0.1) is 5.82 Å². The van der Waals surface area contributed by atoms with E-state index in [0.29, 0.717) is 6.04 Å². The monoisotopic (exact) mass is 495 g/mol. The van der Waals surface area contributed by atoms with Gasteiger partial charge in [0.2, 0.25) is 0 Å². The van der Waals surface area contributed by atoms with Gasteiger partial charge in [0.25, 0.3) is 10.0 Å². The standard InChI is InChI=1S/C22H23ClFN3O3S2/c1-15(16-5-3-2-4-6-16)27-9-7-17(8-10-27)30-20-12-19(24)21(11-18(20)23)32(28,29)26-22-13-31-14-25-22/h2-6,11-15,17,26H,7-10H2,1H3. The minimum atomic E-state index is -4.16. The first-order chi connectivity index (χ1) is 15.3. The number of nitrogens with one attached hydrogen (secondary N) is 1. The van der Waals surface area contributed by atoms with Crippen molar-refractivity contribution in [3.63, 3.8) is 0 Å². The van der Waals surface area contributed by atoms with Crippen molar-refractivity contribution in [3.8, 4) is 5.75 Å². The van der Waals surface area contributed by atoms with E-state index in [2.05, 4.69) is 33.7 Å². The van der Waals surface area contributed by atoms with Crippen molar-refractivity contribution in [2.75, 3.05) is 17.8 Å². The number of anilines is 1. The predicted molar refractivity (Wildman–Crippen MR) is 124 cm³/mol. The Morgan fingerprint density at radius 2 is 1.97 bits per heavy atom. The molecule has 170 valence electrons. The molecular weight excluding hydrogens is 473 g/mol. The zero-order chi connectivity index (χ0) is 22.7. The predicted octanol–water partition coefficient (Wildman–Crippen LogP) is 5.34. The number of ether oxygens (including phenoxy) is 1. The third-order valence-electron chi connectivity index (χ3n) is 5.55. The summed E-state index contributed by atoms with van der Waals surface area (Å²) in [5.74, 6) is -0.657. The van der Waals surface area contributed by atoms with Gasteiger partial charge in [-0.15, -0.1) is 11.3 Å². The summed E-state index contributed by atoms with van der Waals surface area (Å²) in [6, 6.07) is 12.7. The number of benzene rings is 2. The molecule has 10 heteroatoms. The third kappa shape index (κ3) is 5.23. The maximum Gasteiger partial charge on any atom is 0.266 e. The van der Waals surface area contributed by atoms with Crippen LogP contribution in [0.5, 0.6) is 5.75 Å². The number of sulfonamides is 1. The van der Waals surface area contributed by atoms with Gasteiger partial charge in [-0.2, -0.15) is 0 Å².